The van der Waals surface area contributed by atoms with E-state index in [1.54, 1.807) is 12.4 Å². The highest BCUT2D eigenvalue weighted by atomic mass is 15.1. The fourth-order valence-corrected chi connectivity index (χ4v) is 1.12. The Kier molecular flexibility index (Phi) is 1.73. The molecule has 2 aromatic rings. The third-order valence-electron chi connectivity index (χ3n) is 1.84. The maximum atomic E-state index is 5.68. The van der Waals surface area contributed by atoms with E-state index in [0.717, 1.165) is 17.0 Å². The molecule has 0 aliphatic rings. The van der Waals surface area contributed by atoms with Gasteiger partial charge in [0.05, 0.1) is 17.6 Å². The second kappa shape index (κ2) is 2.90. The number of rotatable bonds is 1. The van der Waals surface area contributed by atoms with Crippen LogP contribution < -0.4 is 5.73 Å². The number of pyridine rings is 1. The normalized spacial score (nSPS) is 10.2. The van der Waals surface area contributed by atoms with E-state index in [9.17, 15) is 0 Å². The minimum absolute atomic E-state index is 0.622. The molecule has 2 rings (SSSR count). The number of nitrogens with one attached hydrogen (secondary N) is 1. The number of aromatic amines is 1. The van der Waals surface area contributed by atoms with Crippen LogP contribution in [0.2, 0.25) is 0 Å². The van der Waals surface area contributed by atoms with Gasteiger partial charge < -0.3 is 5.73 Å². The van der Waals surface area contributed by atoms with Gasteiger partial charge in [-0.05, 0) is 18.6 Å². The van der Waals surface area contributed by atoms with Crippen molar-refractivity contribution in [2.75, 3.05) is 5.73 Å². The summed E-state index contributed by atoms with van der Waals surface area (Å²) in [4.78, 5) is 4.23. The predicted octanol–water partition coefficient (Wildman–Crippen LogP) is 1.36. The van der Waals surface area contributed by atoms with E-state index in [0.29, 0.717) is 5.69 Å². The Bertz CT molecular complexity index is 402. The second-order valence-corrected chi connectivity index (χ2v) is 2.92. The lowest BCUT2D eigenvalue weighted by atomic mass is 10.2. The van der Waals surface area contributed by atoms with Crippen LogP contribution in [0.3, 0.4) is 0 Å². The summed E-state index contributed by atoms with van der Waals surface area (Å²) < 4.78 is 0. The van der Waals surface area contributed by atoms with Crippen LogP contribution in [0, 0.1) is 6.92 Å². The Labute approximate surface area is 75.8 Å². The van der Waals surface area contributed by atoms with Crippen LogP contribution in [0.15, 0.2) is 24.5 Å². The van der Waals surface area contributed by atoms with Gasteiger partial charge in [-0.1, -0.05) is 6.07 Å². The summed E-state index contributed by atoms with van der Waals surface area (Å²) in [6.07, 6.45) is 3.38. The smallest absolute Gasteiger partial charge is 0.106 e. The van der Waals surface area contributed by atoms with Crippen LogP contribution in [0.25, 0.3) is 11.4 Å². The Hall–Kier alpha value is -1.84. The molecule has 0 atom stereocenters. The highest BCUT2D eigenvalue weighted by molar-refractivity contribution is 5.68. The lowest BCUT2D eigenvalue weighted by Crippen LogP contribution is -1.89. The minimum atomic E-state index is 0.622. The van der Waals surface area contributed by atoms with Crippen molar-refractivity contribution >= 4 is 5.69 Å². The van der Waals surface area contributed by atoms with E-state index < -0.39 is 0 Å². The first-order valence-corrected chi connectivity index (χ1v) is 3.99. The van der Waals surface area contributed by atoms with Crippen molar-refractivity contribution in [1.29, 1.82) is 0 Å². The molecule has 0 saturated carbocycles. The molecule has 2 aromatic heterocycles. The maximum Gasteiger partial charge on any atom is 0.106 e. The van der Waals surface area contributed by atoms with Crippen LogP contribution in [0.1, 0.15) is 5.56 Å². The van der Waals surface area contributed by atoms with Crippen molar-refractivity contribution in [2.24, 2.45) is 0 Å². The highest BCUT2D eigenvalue weighted by Crippen LogP contribution is 2.19. The Morgan fingerprint density at radius 3 is 2.69 bits per heavy atom. The summed E-state index contributed by atoms with van der Waals surface area (Å²) >= 11 is 0. The van der Waals surface area contributed by atoms with Crippen molar-refractivity contribution in [3.63, 3.8) is 0 Å². The average molecular weight is 174 g/mol. The molecule has 0 aliphatic carbocycles. The SMILES string of the molecule is Cc1ccc(-c2[nH]ncc2N)nc1. The standard InChI is InChI=1S/C9H10N4/c1-6-2-3-8(11-4-6)9-7(10)5-12-13-9/h2-5H,10H2,1H3,(H,12,13). The van der Waals surface area contributed by atoms with Gasteiger partial charge in [0.15, 0.2) is 0 Å². The quantitative estimate of drug-likeness (QED) is 0.686. The van der Waals surface area contributed by atoms with E-state index in [2.05, 4.69) is 15.2 Å². The number of aromatic nitrogens is 3. The summed E-state index contributed by atoms with van der Waals surface area (Å²) in [6.45, 7) is 1.99. The van der Waals surface area contributed by atoms with Crippen LogP contribution >= 0.6 is 0 Å². The summed E-state index contributed by atoms with van der Waals surface area (Å²) in [6, 6.07) is 3.90. The zero-order valence-electron chi connectivity index (χ0n) is 7.28. The second-order valence-electron chi connectivity index (χ2n) is 2.92. The number of nitrogen functional groups attached to an aromatic ring is 1. The fraction of sp³-hybridized carbons (Fsp3) is 0.111. The molecule has 0 unspecified atom stereocenters. The molecule has 13 heavy (non-hydrogen) atoms. The molecule has 0 aliphatic heterocycles. The van der Waals surface area contributed by atoms with E-state index in [1.807, 2.05) is 19.1 Å². The number of anilines is 1. The van der Waals surface area contributed by atoms with Gasteiger partial charge in [-0.25, -0.2) is 0 Å². The first-order valence-electron chi connectivity index (χ1n) is 3.99. The van der Waals surface area contributed by atoms with E-state index in [4.69, 9.17) is 5.73 Å². The number of aryl methyl sites for hydroxylation is 1. The number of nitrogens with zero attached hydrogens (tertiary/aromatic N) is 2. The molecule has 0 fully saturated rings. The molecular weight excluding hydrogens is 164 g/mol. The molecule has 66 valence electrons. The minimum Gasteiger partial charge on any atom is -0.396 e. The zero-order valence-corrected chi connectivity index (χ0v) is 7.28. The Balaban J connectivity index is 2.47. The van der Waals surface area contributed by atoms with Gasteiger partial charge in [0.1, 0.15) is 5.69 Å². The Morgan fingerprint density at radius 2 is 2.15 bits per heavy atom. The molecular formula is C9H10N4. The van der Waals surface area contributed by atoms with Gasteiger partial charge in [-0.15, -0.1) is 0 Å². The van der Waals surface area contributed by atoms with Crippen molar-refractivity contribution in [3.05, 3.63) is 30.1 Å². The third-order valence-corrected chi connectivity index (χ3v) is 1.84. The molecule has 0 radical (unpaired) electrons. The van der Waals surface area contributed by atoms with Crippen molar-refractivity contribution in [3.8, 4) is 11.4 Å². The number of H-pyrrole nitrogens is 1. The van der Waals surface area contributed by atoms with Crippen LogP contribution in [0.4, 0.5) is 5.69 Å². The monoisotopic (exact) mass is 174 g/mol. The number of hydrogen-bond acceptors (Lipinski definition) is 3. The molecule has 4 heteroatoms. The summed E-state index contributed by atoms with van der Waals surface area (Å²) in [7, 11) is 0. The maximum absolute atomic E-state index is 5.68. The van der Waals surface area contributed by atoms with E-state index in [1.165, 1.54) is 0 Å². The van der Waals surface area contributed by atoms with Crippen molar-refractivity contribution < 1.29 is 0 Å². The highest BCUT2D eigenvalue weighted by Gasteiger charge is 2.04. The molecule has 0 aromatic carbocycles. The van der Waals surface area contributed by atoms with Gasteiger partial charge in [0, 0.05) is 6.20 Å². The van der Waals surface area contributed by atoms with Gasteiger partial charge in [0.25, 0.3) is 0 Å². The van der Waals surface area contributed by atoms with Gasteiger partial charge in [0.2, 0.25) is 0 Å². The molecule has 3 N–H and O–H groups in total. The van der Waals surface area contributed by atoms with E-state index >= 15 is 0 Å². The van der Waals surface area contributed by atoms with Crippen LogP contribution in [-0.4, -0.2) is 15.2 Å². The zero-order chi connectivity index (χ0) is 9.26. The molecule has 0 saturated heterocycles. The lowest BCUT2D eigenvalue weighted by molar-refractivity contribution is 1.08. The van der Waals surface area contributed by atoms with Gasteiger partial charge >= 0.3 is 0 Å². The summed E-state index contributed by atoms with van der Waals surface area (Å²) in [5.41, 5.74) is 9.02. The summed E-state index contributed by atoms with van der Waals surface area (Å²) in [5, 5.41) is 6.63. The van der Waals surface area contributed by atoms with Crippen LogP contribution in [-0.2, 0) is 0 Å². The van der Waals surface area contributed by atoms with Crippen molar-refractivity contribution in [1.82, 2.24) is 15.2 Å². The number of hydrogen-bond donors (Lipinski definition) is 2. The van der Waals surface area contributed by atoms with Gasteiger partial charge in [-0.3, -0.25) is 10.1 Å². The summed E-state index contributed by atoms with van der Waals surface area (Å²) in [5.74, 6) is 0. The van der Waals surface area contributed by atoms with Crippen LogP contribution in [0.5, 0.6) is 0 Å². The van der Waals surface area contributed by atoms with E-state index in [-0.39, 0.29) is 0 Å². The molecule has 2 heterocycles. The Morgan fingerprint density at radius 1 is 1.31 bits per heavy atom. The fourth-order valence-electron chi connectivity index (χ4n) is 1.12. The lowest BCUT2D eigenvalue weighted by Gasteiger charge is -1.98. The molecule has 0 amide bonds. The molecule has 0 spiro atoms. The largest absolute Gasteiger partial charge is 0.396 e. The first kappa shape index (κ1) is 7.79. The first-order chi connectivity index (χ1) is 6.27. The molecule has 0 bridgehead atoms. The van der Waals surface area contributed by atoms with Crippen molar-refractivity contribution in [2.45, 2.75) is 6.92 Å². The predicted molar refractivity (Wildman–Crippen MR) is 51.0 cm³/mol. The average Bonchev–Trinajstić information content (AvgIpc) is 2.53. The molecule has 4 nitrogen and oxygen atoms in total. The topological polar surface area (TPSA) is 67.6 Å². The number of nitrogens with two attached hydrogens (primary N) is 1. The van der Waals surface area contributed by atoms with Gasteiger partial charge in [-0.2, -0.15) is 5.10 Å². The third kappa shape index (κ3) is 1.38.